The molecule has 86 valence electrons. The van der Waals surface area contributed by atoms with Crippen molar-refractivity contribution in [1.29, 1.82) is 0 Å². The zero-order chi connectivity index (χ0) is 12.3. The van der Waals surface area contributed by atoms with E-state index in [0.29, 0.717) is 5.03 Å². The van der Waals surface area contributed by atoms with E-state index in [1.807, 2.05) is 25.1 Å². The molecule has 0 atom stereocenters. The average Bonchev–Trinajstić information content (AvgIpc) is 2.29. The summed E-state index contributed by atoms with van der Waals surface area (Å²) in [6.07, 6.45) is 1.49. The van der Waals surface area contributed by atoms with Gasteiger partial charge in [0.15, 0.2) is 0 Å². The van der Waals surface area contributed by atoms with E-state index >= 15 is 0 Å². The second-order valence-corrected chi connectivity index (χ2v) is 4.45. The molecule has 0 aliphatic carbocycles. The third-order valence-corrected chi connectivity index (χ3v) is 2.92. The third kappa shape index (κ3) is 3.04. The molecule has 17 heavy (non-hydrogen) atoms. The van der Waals surface area contributed by atoms with Crippen LogP contribution in [-0.4, -0.2) is 21.0 Å². The molecule has 0 saturated carbocycles. The molecule has 0 aliphatic rings. The van der Waals surface area contributed by atoms with Crippen molar-refractivity contribution >= 4 is 17.7 Å². The molecule has 4 nitrogen and oxygen atoms in total. The number of carboxylic acids is 1. The fourth-order valence-corrected chi connectivity index (χ4v) is 2.13. The molecule has 0 fully saturated rings. The van der Waals surface area contributed by atoms with Gasteiger partial charge in [0.05, 0.1) is 5.56 Å². The highest BCUT2D eigenvalue weighted by molar-refractivity contribution is 7.99. The zero-order valence-electron chi connectivity index (χ0n) is 9.12. The minimum atomic E-state index is -0.952. The van der Waals surface area contributed by atoms with Gasteiger partial charge in [0.25, 0.3) is 0 Å². The molecule has 1 N–H and O–H groups in total. The first-order valence-electron chi connectivity index (χ1n) is 4.96. The number of aryl methyl sites for hydroxylation is 1. The van der Waals surface area contributed by atoms with Crippen LogP contribution in [0.5, 0.6) is 0 Å². The van der Waals surface area contributed by atoms with Crippen molar-refractivity contribution in [2.45, 2.75) is 17.0 Å². The number of hydrogen-bond donors (Lipinski definition) is 1. The van der Waals surface area contributed by atoms with Crippen LogP contribution in [0.4, 0.5) is 0 Å². The molecular weight excluding hydrogens is 236 g/mol. The van der Waals surface area contributed by atoms with E-state index in [1.54, 1.807) is 0 Å². The van der Waals surface area contributed by atoms with Crippen LogP contribution >= 0.6 is 11.8 Å². The Labute approximate surface area is 103 Å². The molecule has 0 aromatic carbocycles. The summed E-state index contributed by atoms with van der Waals surface area (Å²) in [5, 5.41) is 10.3. The standard InChI is InChI=1S/C12H10N2O2S/c1-8-3-2-4-10(14-8)17-11-7-9(12(15)16)5-6-13-11/h2-7H,1H3,(H,15,16). The maximum Gasteiger partial charge on any atom is 0.335 e. The Morgan fingerprint density at radius 3 is 2.82 bits per heavy atom. The molecule has 0 saturated heterocycles. The molecule has 0 unspecified atom stereocenters. The zero-order valence-corrected chi connectivity index (χ0v) is 9.94. The van der Waals surface area contributed by atoms with Gasteiger partial charge < -0.3 is 5.11 Å². The molecule has 0 bridgehead atoms. The fourth-order valence-electron chi connectivity index (χ4n) is 1.28. The first-order chi connectivity index (χ1) is 8.15. The van der Waals surface area contributed by atoms with Gasteiger partial charge in [-0.25, -0.2) is 14.8 Å². The van der Waals surface area contributed by atoms with Crippen molar-refractivity contribution in [3.63, 3.8) is 0 Å². The lowest BCUT2D eigenvalue weighted by atomic mass is 10.3. The Morgan fingerprint density at radius 2 is 2.12 bits per heavy atom. The van der Waals surface area contributed by atoms with Crippen molar-refractivity contribution < 1.29 is 9.90 Å². The molecule has 2 rings (SSSR count). The smallest absolute Gasteiger partial charge is 0.335 e. The van der Waals surface area contributed by atoms with Crippen LogP contribution in [0.1, 0.15) is 16.1 Å². The largest absolute Gasteiger partial charge is 0.478 e. The summed E-state index contributed by atoms with van der Waals surface area (Å²) in [6.45, 7) is 1.91. The van der Waals surface area contributed by atoms with Gasteiger partial charge in [-0.1, -0.05) is 17.8 Å². The van der Waals surface area contributed by atoms with Crippen molar-refractivity contribution in [1.82, 2.24) is 9.97 Å². The lowest BCUT2D eigenvalue weighted by Crippen LogP contribution is -1.96. The van der Waals surface area contributed by atoms with E-state index in [4.69, 9.17) is 5.11 Å². The minimum absolute atomic E-state index is 0.232. The van der Waals surface area contributed by atoms with Crippen molar-refractivity contribution in [2.75, 3.05) is 0 Å². The number of carbonyl (C=O) groups is 1. The topological polar surface area (TPSA) is 63.1 Å². The van der Waals surface area contributed by atoms with Gasteiger partial charge in [-0.05, 0) is 31.2 Å². The van der Waals surface area contributed by atoms with Gasteiger partial charge in [-0.15, -0.1) is 0 Å². The third-order valence-electron chi connectivity index (χ3n) is 2.05. The lowest BCUT2D eigenvalue weighted by molar-refractivity contribution is 0.0696. The fraction of sp³-hybridized carbons (Fsp3) is 0.0833. The quantitative estimate of drug-likeness (QED) is 0.902. The predicted octanol–water partition coefficient (Wildman–Crippen LogP) is 2.63. The summed E-state index contributed by atoms with van der Waals surface area (Å²) in [5.74, 6) is -0.952. The number of rotatable bonds is 3. The normalized spacial score (nSPS) is 10.2. The van der Waals surface area contributed by atoms with Crippen molar-refractivity contribution in [3.05, 3.63) is 47.8 Å². The first-order valence-corrected chi connectivity index (χ1v) is 5.77. The Hall–Kier alpha value is -1.88. The molecule has 2 aromatic heterocycles. The molecule has 2 heterocycles. The van der Waals surface area contributed by atoms with E-state index in [-0.39, 0.29) is 5.56 Å². The number of aromatic carboxylic acids is 1. The Bertz CT molecular complexity index is 558. The maximum atomic E-state index is 10.8. The van der Waals surface area contributed by atoms with Crippen molar-refractivity contribution in [3.8, 4) is 0 Å². The number of nitrogens with zero attached hydrogens (tertiary/aromatic N) is 2. The highest BCUT2D eigenvalue weighted by Gasteiger charge is 2.06. The van der Waals surface area contributed by atoms with Crippen LogP contribution in [0.3, 0.4) is 0 Å². The summed E-state index contributed by atoms with van der Waals surface area (Å²) < 4.78 is 0. The van der Waals surface area contributed by atoms with E-state index < -0.39 is 5.97 Å². The summed E-state index contributed by atoms with van der Waals surface area (Å²) >= 11 is 1.35. The molecule has 0 radical (unpaired) electrons. The van der Waals surface area contributed by atoms with Gasteiger partial charge in [-0.3, -0.25) is 0 Å². The van der Waals surface area contributed by atoms with Gasteiger partial charge in [-0.2, -0.15) is 0 Å². The van der Waals surface area contributed by atoms with Crippen LogP contribution in [0.15, 0.2) is 46.6 Å². The Morgan fingerprint density at radius 1 is 1.29 bits per heavy atom. The molecule has 0 spiro atoms. The number of hydrogen-bond acceptors (Lipinski definition) is 4. The van der Waals surface area contributed by atoms with Crippen LogP contribution in [0.25, 0.3) is 0 Å². The Balaban J connectivity index is 2.24. The molecule has 0 amide bonds. The van der Waals surface area contributed by atoms with Crippen LogP contribution in [0.2, 0.25) is 0 Å². The Kier molecular flexibility index (Phi) is 3.39. The monoisotopic (exact) mass is 246 g/mol. The number of carboxylic acid groups (broad SMARTS) is 1. The van der Waals surface area contributed by atoms with E-state index in [2.05, 4.69) is 9.97 Å². The van der Waals surface area contributed by atoms with Crippen molar-refractivity contribution in [2.24, 2.45) is 0 Å². The minimum Gasteiger partial charge on any atom is -0.478 e. The average molecular weight is 246 g/mol. The number of aromatic nitrogens is 2. The molecular formula is C12H10N2O2S. The molecule has 0 aliphatic heterocycles. The summed E-state index contributed by atoms with van der Waals surface area (Å²) in [6, 6.07) is 8.69. The second-order valence-electron chi connectivity index (χ2n) is 3.41. The predicted molar refractivity (Wildman–Crippen MR) is 64.3 cm³/mol. The van der Waals surface area contributed by atoms with Crippen LogP contribution in [-0.2, 0) is 0 Å². The van der Waals surface area contributed by atoms with Gasteiger partial charge >= 0.3 is 5.97 Å². The highest BCUT2D eigenvalue weighted by Crippen LogP contribution is 2.24. The van der Waals surface area contributed by atoms with Crippen LogP contribution in [0, 0.1) is 6.92 Å². The van der Waals surface area contributed by atoms with Gasteiger partial charge in [0, 0.05) is 11.9 Å². The lowest BCUT2D eigenvalue weighted by Gasteiger charge is -2.01. The summed E-state index contributed by atoms with van der Waals surface area (Å²) in [7, 11) is 0. The number of pyridine rings is 2. The van der Waals surface area contributed by atoms with Gasteiger partial charge in [0.1, 0.15) is 10.1 Å². The highest BCUT2D eigenvalue weighted by atomic mass is 32.2. The molecule has 2 aromatic rings. The van der Waals surface area contributed by atoms with E-state index in [0.717, 1.165) is 10.7 Å². The van der Waals surface area contributed by atoms with Gasteiger partial charge in [0.2, 0.25) is 0 Å². The summed E-state index contributed by atoms with van der Waals surface area (Å²) in [5.41, 5.74) is 1.15. The van der Waals surface area contributed by atoms with E-state index in [1.165, 1.54) is 30.1 Å². The summed E-state index contributed by atoms with van der Waals surface area (Å²) in [4.78, 5) is 19.2. The maximum absolute atomic E-state index is 10.8. The second kappa shape index (κ2) is 4.97. The first kappa shape index (κ1) is 11.6. The van der Waals surface area contributed by atoms with Crippen LogP contribution < -0.4 is 0 Å². The SMILES string of the molecule is Cc1cccc(Sc2cc(C(=O)O)ccn2)n1. The van der Waals surface area contributed by atoms with E-state index in [9.17, 15) is 4.79 Å². The molecule has 5 heteroatoms.